The Labute approximate surface area is 95.3 Å². The van der Waals surface area contributed by atoms with Crippen LogP contribution in [-0.2, 0) is 11.2 Å². The van der Waals surface area contributed by atoms with Crippen molar-refractivity contribution in [2.24, 2.45) is 11.7 Å². The van der Waals surface area contributed by atoms with E-state index in [1.807, 2.05) is 0 Å². The molecule has 0 amide bonds. The molecule has 0 radical (unpaired) electrons. The van der Waals surface area contributed by atoms with Crippen LogP contribution in [0.4, 0.5) is 0 Å². The molecule has 0 aliphatic heterocycles. The van der Waals surface area contributed by atoms with Crippen LogP contribution < -0.4 is 5.73 Å². The number of nitrogens with two attached hydrogens (primary N) is 1. The Morgan fingerprint density at radius 1 is 1.50 bits per heavy atom. The summed E-state index contributed by atoms with van der Waals surface area (Å²) in [6, 6.07) is 0. The molecule has 1 aromatic rings. The summed E-state index contributed by atoms with van der Waals surface area (Å²) in [5, 5.41) is 3.98. The van der Waals surface area contributed by atoms with Crippen molar-refractivity contribution in [2.45, 2.75) is 38.2 Å². The van der Waals surface area contributed by atoms with Crippen molar-refractivity contribution in [1.82, 2.24) is 10.1 Å². The normalized spacial score (nSPS) is 17.6. The van der Waals surface area contributed by atoms with Gasteiger partial charge in [-0.1, -0.05) is 5.16 Å². The van der Waals surface area contributed by atoms with E-state index in [4.69, 9.17) is 15.0 Å². The molecule has 0 saturated heterocycles. The molecule has 0 aromatic carbocycles. The minimum absolute atomic E-state index is 0.0204. The van der Waals surface area contributed by atoms with Gasteiger partial charge < -0.3 is 15.0 Å². The standard InChI is InChI=1S/C11H19N3O2/c1-15-10(8-5-6-8)11-13-9(16-14-11)4-2-3-7-12/h8,10H,2-7,12H2,1H3. The fourth-order valence-electron chi connectivity index (χ4n) is 1.81. The summed E-state index contributed by atoms with van der Waals surface area (Å²) in [5.74, 6) is 1.98. The van der Waals surface area contributed by atoms with Crippen molar-refractivity contribution in [3.63, 3.8) is 0 Å². The lowest BCUT2D eigenvalue weighted by Gasteiger charge is -2.08. The Bertz CT molecular complexity index is 323. The third-order valence-corrected chi connectivity index (χ3v) is 2.89. The van der Waals surface area contributed by atoms with Crippen molar-refractivity contribution in [1.29, 1.82) is 0 Å². The molecule has 0 bridgehead atoms. The van der Waals surface area contributed by atoms with Crippen LogP contribution in [-0.4, -0.2) is 23.8 Å². The summed E-state index contributed by atoms with van der Waals surface area (Å²) in [7, 11) is 1.70. The van der Waals surface area contributed by atoms with Crippen LogP contribution in [0.1, 0.15) is 43.5 Å². The fourth-order valence-corrected chi connectivity index (χ4v) is 1.81. The molecule has 1 fully saturated rings. The topological polar surface area (TPSA) is 74.2 Å². The number of nitrogens with zero attached hydrogens (tertiary/aromatic N) is 2. The predicted molar refractivity (Wildman–Crippen MR) is 58.8 cm³/mol. The van der Waals surface area contributed by atoms with E-state index in [1.54, 1.807) is 7.11 Å². The number of rotatable bonds is 7. The Balaban J connectivity index is 1.90. The Hall–Kier alpha value is -0.940. The van der Waals surface area contributed by atoms with Gasteiger partial charge in [0, 0.05) is 13.5 Å². The van der Waals surface area contributed by atoms with Gasteiger partial charge in [-0.2, -0.15) is 4.98 Å². The van der Waals surface area contributed by atoms with Crippen molar-refractivity contribution in [3.8, 4) is 0 Å². The summed E-state index contributed by atoms with van der Waals surface area (Å²) >= 11 is 0. The molecule has 1 saturated carbocycles. The zero-order chi connectivity index (χ0) is 11.4. The third-order valence-electron chi connectivity index (χ3n) is 2.89. The maximum atomic E-state index is 5.43. The number of methoxy groups -OCH3 is 1. The van der Waals surface area contributed by atoms with E-state index in [0.29, 0.717) is 24.2 Å². The summed E-state index contributed by atoms with van der Waals surface area (Å²) in [5.41, 5.74) is 5.43. The molecule has 1 atom stereocenters. The molecular weight excluding hydrogens is 206 g/mol. The summed E-state index contributed by atoms with van der Waals surface area (Å²) in [4.78, 5) is 4.37. The Morgan fingerprint density at radius 3 is 2.94 bits per heavy atom. The Morgan fingerprint density at radius 2 is 2.31 bits per heavy atom. The molecule has 2 rings (SSSR count). The van der Waals surface area contributed by atoms with Crippen LogP contribution in [0, 0.1) is 5.92 Å². The van der Waals surface area contributed by atoms with Gasteiger partial charge in [0.15, 0.2) is 0 Å². The van der Waals surface area contributed by atoms with E-state index >= 15 is 0 Å². The predicted octanol–water partition coefficient (Wildman–Crippen LogP) is 1.45. The first kappa shape index (κ1) is 11.5. The second-order valence-electron chi connectivity index (χ2n) is 4.29. The van der Waals surface area contributed by atoms with Crippen LogP contribution >= 0.6 is 0 Å². The molecule has 90 valence electrons. The summed E-state index contributed by atoms with van der Waals surface area (Å²) in [6.07, 6.45) is 5.23. The molecule has 1 unspecified atom stereocenters. The van der Waals surface area contributed by atoms with Gasteiger partial charge >= 0.3 is 0 Å². The maximum Gasteiger partial charge on any atom is 0.226 e. The van der Waals surface area contributed by atoms with Gasteiger partial charge in [-0.05, 0) is 38.1 Å². The van der Waals surface area contributed by atoms with Crippen LogP contribution in [0.5, 0.6) is 0 Å². The molecule has 0 spiro atoms. The lowest BCUT2D eigenvalue weighted by atomic mass is 10.2. The fraction of sp³-hybridized carbons (Fsp3) is 0.818. The van der Waals surface area contributed by atoms with E-state index in [-0.39, 0.29) is 6.10 Å². The number of aromatic nitrogens is 2. The van der Waals surface area contributed by atoms with Gasteiger partial charge in [0.1, 0.15) is 6.10 Å². The van der Waals surface area contributed by atoms with Gasteiger partial charge in [-0.15, -0.1) is 0 Å². The average molecular weight is 225 g/mol. The molecule has 2 N–H and O–H groups in total. The van der Waals surface area contributed by atoms with Crippen molar-refractivity contribution in [2.75, 3.05) is 13.7 Å². The second-order valence-corrected chi connectivity index (χ2v) is 4.29. The minimum atomic E-state index is 0.0204. The zero-order valence-electron chi connectivity index (χ0n) is 9.69. The van der Waals surface area contributed by atoms with Gasteiger partial charge in [0.25, 0.3) is 0 Å². The SMILES string of the molecule is COC(c1noc(CCCCN)n1)C1CC1. The van der Waals surface area contributed by atoms with E-state index in [2.05, 4.69) is 10.1 Å². The highest BCUT2D eigenvalue weighted by Gasteiger charge is 2.35. The van der Waals surface area contributed by atoms with Gasteiger partial charge in [0.05, 0.1) is 0 Å². The largest absolute Gasteiger partial charge is 0.373 e. The number of unbranched alkanes of at least 4 members (excludes halogenated alkanes) is 1. The quantitative estimate of drug-likeness (QED) is 0.711. The maximum absolute atomic E-state index is 5.43. The Kier molecular flexibility index (Phi) is 3.90. The van der Waals surface area contributed by atoms with Crippen LogP contribution in [0.3, 0.4) is 0 Å². The van der Waals surface area contributed by atoms with Crippen molar-refractivity contribution >= 4 is 0 Å². The van der Waals surface area contributed by atoms with Gasteiger partial charge in [-0.3, -0.25) is 0 Å². The summed E-state index contributed by atoms with van der Waals surface area (Å²) in [6.45, 7) is 0.712. The van der Waals surface area contributed by atoms with Crippen molar-refractivity contribution in [3.05, 3.63) is 11.7 Å². The number of hydrogen-bond donors (Lipinski definition) is 1. The van der Waals surface area contributed by atoms with E-state index in [1.165, 1.54) is 12.8 Å². The van der Waals surface area contributed by atoms with E-state index in [9.17, 15) is 0 Å². The van der Waals surface area contributed by atoms with E-state index < -0.39 is 0 Å². The second kappa shape index (κ2) is 5.41. The zero-order valence-corrected chi connectivity index (χ0v) is 9.69. The first-order valence-corrected chi connectivity index (χ1v) is 5.90. The van der Waals surface area contributed by atoms with Crippen LogP contribution in [0.2, 0.25) is 0 Å². The average Bonchev–Trinajstić information content (AvgIpc) is 3.01. The number of aryl methyl sites for hydroxylation is 1. The number of ether oxygens (including phenoxy) is 1. The number of hydrogen-bond acceptors (Lipinski definition) is 5. The van der Waals surface area contributed by atoms with Crippen LogP contribution in [0.25, 0.3) is 0 Å². The first-order valence-electron chi connectivity index (χ1n) is 5.90. The molecule has 16 heavy (non-hydrogen) atoms. The molecule has 1 heterocycles. The monoisotopic (exact) mass is 225 g/mol. The highest BCUT2D eigenvalue weighted by molar-refractivity contribution is 4.98. The smallest absolute Gasteiger partial charge is 0.226 e. The van der Waals surface area contributed by atoms with E-state index in [0.717, 1.165) is 19.3 Å². The van der Waals surface area contributed by atoms with Crippen LogP contribution in [0.15, 0.2) is 4.52 Å². The van der Waals surface area contributed by atoms with Crippen molar-refractivity contribution < 1.29 is 9.26 Å². The van der Waals surface area contributed by atoms with Gasteiger partial charge in [0.2, 0.25) is 11.7 Å². The molecule has 5 nitrogen and oxygen atoms in total. The molecule has 1 aliphatic rings. The highest BCUT2D eigenvalue weighted by Crippen LogP contribution is 2.41. The highest BCUT2D eigenvalue weighted by atomic mass is 16.5. The lowest BCUT2D eigenvalue weighted by Crippen LogP contribution is -2.06. The molecular formula is C11H19N3O2. The molecule has 5 heteroatoms. The minimum Gasteiger partial charge on any atom is -0.373 e. The molecule has 1 aliphatic carbocycles. The molecule has 1 aromatic heterocycles. The summed E-state index contributed by atoms with van der Waals surface area (Å²) < 4.78 is 10.6. The lowest BCUT2D eigenvalue weighted by molar-refractivity contribution is 0.0751. The van der Waals surface area contributed by atoms with Gasteiger partial charge in [-0.25, -0.2) is 0 Å². The third kappa shape index (κ3) is 2.80. The first-order chi connectivity index (χ1) is 7.85.